The van der Waals surface area contributed by atoms with Crippen LogP contribution in [0.5, 0.6) is 5.75 Å². The summed E-state index contributed by atoms with van der Waals surface area (Å²) in [6.07, 6.45) is 0.333. The summed E-state index contributed by atoms with van der Waals surface area (Å²) in [6, 6.07) is 18.2. The molecule has 0 saturated heterocycles. The minimum atomic E-state index is -3.45. The Morgan fingerprint density at radius 1 is 1.07 bits per heavy atom. The van der Waals surface area contributed by atoms with Gasteiger partial charge in [-0.3, -0.25) is 4.79 Å². The van der Waals surface area contributed by atoms with Crippen molar-refractivity contribution in [3.8, 4) is 5.75 Å². The number of thiazole rings is 1. The van der Waals surface area contributed by atoms with Crippen molar-refractivity contribution in [3.05, 3.63) is 60.7 Å². The van der Waals surface area contributed by atoms with Crippen LogP contribution in [-0.4, -0.2) is 32.2 Å². The molecular formula is C22H20N2O4S2. The monoisotopic (exact) mass is 440 g/mol. The van der Waals surface area contributed by atoms with Gasteiger partial charge in [-0.1, -0.05) is 41.7 Å². The van der Waals surface area contributed by atoms with Gasteiger partial charge in [-0.05, 0) is 42.1 Å². The van der Waals surface area contributed by atoms with Gasteiger partial charge in [0, 0.05) is 11.8 Å². The summed E-state index contributed by atoms with van der Waals surface area (Å²) < 4.78 is 30.9. The van der Waals surface area contributed by atoms with E-state index in [0.717, 1.165) is 21.0 Å². The number of amides is 1. The number of sulfone groups is 1. The van der Waals surface area contributed by atoms with E-state index >= 15 is 0 Å². The molecule has 0 bridgehead atoms. The van der Waals surface area contributed by atoms with Crippen molar-refractivity contribution in [1.29, 1.82) is 0 Å². The third kappa shape index (κ3) is 4.29. The van der Waals surface area contributed by atoms with Crippen molar-refractivity contribution >= 4 is 53.2 Å². The van der Waals surface area contributed by atoms with Crippen molar-refractivity contribution in [1.82, 2.24) is 4.98 Å². The molecule has 0 radical (unpaired) electrons. The molecule has 0 atom stereocenters. The molecule has 30 heavy (non-hydrogen) atoms. The summed E-state index contributed by atoms with van der Waals surface area (Å²) in [6.45, 7) is 0. The lowest BCUT2D eigenvalue weighted by Crippen LogP contribution is -2.14. The Morgan fingerprint density at radius 3 is 2.60 bits per heavy atom. The van der Waals surface area contributed by atoms with Gasteiger partial charge in [0.2, 0.25) is 5.91 Å². The average molecular weight is 441 g/mol. The van der Waals surface area contributed by atoms with Crippen LogP contribution in [0.3, 0.4) is 0 Å². The van der Waals surface area contributed by atoms with Crippen LogP contribution < -0.4 is 10.1 Å². The van der Waals surface area contributed by atoms with Crippen LogP contribution in [0.2, 0.25) is 0 Å². The highest BCUT2D eigenvalue weighted by Crippen LogP contribution is 2.31. The van der Waals surface area contributed by atoms with E-state index in [1.807, 2.05) is 36.4 Å². The standard InChI is InChI=1S/C22H20N2O4S2/c1-28-16-9-11-17(12-10-16)30(26,27)14-4-7-20(25)23-22-24-21-18-6-3-2-5-15(18)8-13-19(21)29-22/h2-3,5-6,8-13H,4,7,14H2,1H3,(H,23,24,25). The van der Waals surface area contributed by atoms with E-state index in [1.165, 1.54) is 30.6 Å². The van der Waals surface area contributed by atoms with Gasteiger partial charge in [0.15, 0.2) is 15.0 Å². The number of aromatic nitrogens is 1. The molecule has 4 aromatic rings. The van der Waals surface area contributed by atoms with Crippen LogP contribution >= 0.6 is 11.3 Å². The molecule has 0 unspecified atom stereocenters. The molecule has 0 aliphatic heterocycles. The quantitative estimate of drug-likeness (QED) is 0.452. The summed E-state index contributed by atoms with van der Waals surface area (Å²) in [5.74, 6) is 0.247. The maximum Gasteiger partial charge on any atom is 0.226 e. The van der Waals surface area contributed by atoms with E-state index < -0.39 is 9.84 Å². The molecule has 1 N–H and O–H groups in total. The molecule has 1 amide bonds. The summed E-state index contributed by atoms with van der Waals surface area (Å²) in [5.41, 5.74) is 0.857. The van der Waals surface area contributed by atoms with Crippen LogP contribution in [0, 0.1) is 0 Å². The molecule has 8 heteroatoms. The molecule has 0 fully saturated rings. The first-order valence-corrected chi connectivity index (χ1v) is 11.9. The molecule has 0 aliphatic carbocycles. The third-order valence-corrected chi connectivity index (χ3v) is 7.52. The number of methoxy groups -OCH3 is 1. The number of nitrogens with one attached hydrogen (secondary N) is 1. The molecular weight excluding hydrogens is 420 g/mol. The Kier molecular flexibility index (Phi) is 5.69. The Balaban J connectivity index is 1.38. The van der Waals surface area contributed by atoms with E-state index in [4.69, 9.17) is 4.74 Å². The number of benzene rings is 3. The smallest absolute Gasteiger partial charge is 0.226 e. The van der Waals surface area contributed by atoms with Crippen molar-refractivity contribution < 1.29 is 17.9 Å². The van der Waals surface area contributed by atoms with E-state index in [-0.39, 0.29) is 29.4 Å². The summed E-state index contributed by atoms with van der Waals surface area (Å²) >= 11 is 1.41. The van der Waals surface area contributed by atoms with Crippen molar-refractivity contribution in [3.63, 3.8) is 0 Å². The number of ether oxygens (including phenoxy) is 1. The Hall–Kier alpha value is -2.97. The average Bonchev–Trinajstić information content (AvgIpc) is 3.16. The lowest BCUT2D eigenvalue weighted by atomic mass is 10.1. The lowest BCUT2D eigenvalue weighted by Gasteiger charge is -2.06. The summed E-state index contributed by atoms with van der Waals surface area (Å²) in [5, 5.41) is 5.45. The van der Waals surface area contributed by atoms with Gasteiger partial charge in [-0.2, -0.15) is 0 Å². The Labute approximate surface area is 178 Å². The molecule has 6 nitrogen and oxygen atoms in total. The first kappa shape index (κ1) is 20.3. The fourth-order valence-electron chi connectivity index (χ4n) is 3.22. The molecule has 1 heterocycles. The van der Waals surface area contributed by atoms with E-state index in [1.54, 1.807) is 12.1 Å². The molecule has 3 aromatic carbocycles. The predicted octanol–water partition coefficient (Wildman–Crippen LogP) is 4.65. The van der Waals surface area contributed by atoms with Crippen molar-refractivity contribution in [2.24, 2.45) is 0 Å². The molecule has 0 aliphatic rings. The van der Waals surface area contributed by atoms with Gasteiger partial charge < -0.3 is 10.1 Å². The number of anilines is 1. The first-order valence-electron chi connectivity index (χ1n) is 9.41. The van der Waals surface area contributed by atoms with Gasteiger partial charge in [-0.15, -0.1) is 0 Å². The highest BCUT2D eigenvalue weighted by atomic mass is 32.2. The van der Waals surface area contributed by atoms with E-state index in [9.17, 15) is 13.2 Å². The van der Waals surface area contributed by atoms with Gasteiger partial charge in [0.05, 0.1) is 28.0 Å². The Morgan fingerprint density at radius 2 is 1.83 bits per heavy atom. The van der Waals surface area contributed by atoms with Gasteiger partial charge in [0.25, 0.3) is 0 Å². The number of carbonyl (C=O) groups excluding carboxylic acids is 1. The molecule has 154 valence electrons. The highest BCUT2D eigenvalue weighted by Gasteiger charge is 2.16. The number of nitrogens with zero attached hydrogens (tertiary/aromatic N) is 1. The molecule has 0 spiro atoms. The maximum absolute atomic E-state index is 12.4. The minimum absolute atomic E-state index is 0.1000. The van der Waals surface area contributed by atoms with Gasteiger partial charge in [-0.25, -0.2) is 13.4 Å². The second kappa shape index (κ2) is 8.41. The second-order valence-corrected chi connectivity index (χ2v) is 9.94. The molecule has 1 aromatic heterocycles. The van der Waals surface area contributed by atoms with Gasteiger partial charge >= 0.3 is 0 Å². The molecule has 4 rings (SSSR count). The lowest BCUT2D eigenvalue weighted by molar-refractivity contribution is -0.116. The van der Waals surface area contributed by atoms with Gasteiger partial charge in [0.1, 0.15) is 5.75 Å². The SMILES string of the molecule is COc1ccc(S(=O)(=O)CCCC(=O)Nc2nc3c(ccc4ccccc43)s2)cc1. The normalized spacial score (nSPS) is 11.6. The predicted molar refractivity (Wildman–Crippen MR) is 120 cm³/mol. The van der Waals surface area contributed by atoms with Crippen molar-refractivity contribution in [2.45, 2.75) is 17.7 Å². The number of carbonyl (C=O) groups is 1. The maximum atomic E-state index is 12.4. The van der Waals surface area contributed by atoms with Crippen LogP contribution in [0.25, 0.3) is 21.0 Å². The van der Waals surface area contributed by atoms with Crippen LogP contribution in [0.4, 0.5) is 5.13 Å². The highest BCUT2D eigenvalue weighted by molar-refractivity contribution is 7.91. The van der Waals surface area contributed by atoms with Crippen molar-refractivity contribution in [2.75, 3.05) is 18.2 Å². The number of fused-ring (bicyclic) bond motifs is 3. The zero-order valence-corrected chi connectivity index (χ0v) is 17.9. The summed E-state index contributed by atoms with van der Waals surface area (Å²) in [7, 11) is -1.92. The topological polar surface area (TPSA) is 85.4 Å². The molecule has 0 saturated carbocycles. The fourth-order valence-corrected chi connectivity index (χ4v) is 5.43. The van der Waals surface area contributed by atoms with Crippen LogP contribution in [0.1, 0.15) is 12.8 Å². The number of hydrogen-bond donors (Lipinski definition) is 1. The zero-order valence-electron chi connectivity index (χ0n) is 16.3. The van der Waals surface area contributed by atoms with E-state index in [0.29, 0.717) is 10.9 Å². The van der Waals surface area contributed by atoms with Crippen LogP contribution in [0.15, 0.2) is 65.6 Å². The fraction of sp³-hybridized carbons (Fsp3) is 0.182. The first-order chi connectivity index (χ1) is 14.5. The zero-order chi connectivity index (χ0) is 21.1. The minimum Gasteiger partial charge on any atom is -0.497 e. The third-order valence-electron chi connectivity index (χ3n) is 4.77. The second-order valence-electron chi connectivity index (χ2n) is 6.80. The Bertz CT molecular complexity index is 1310. The van der Waals surface area contributed by atoms with E-state index in [2.05, 4.69) is 10.3 Å². The largest absolute Gasteiger partial charge is 0.497 e. The van der Waals surface area contributed by atoms with Crippen LogP contribution in [-0.2, 0) is 14.6 Å². The number of rotatable bonds is 7. The summed E-state index contributed by atoms with van der Waals surface area (Å²) in [4.78, 5) is 17.1. The number of hydrogen-bond acceptors (Lipinski definition) is 6.